The average molecular weight is 300 g/mol. The molecule has 0 N–H and O–H groups in total. The minimum Gasteiger partial charge on any atom is -0.303 e. The van der Waals surface area contributed by atoms with Crippen molar-refractivity contribution in [2.24, 2.45) is 0 Å². The van der Waals surface area contributed by atoms with Crippen molar-refractivity contribution in [3.8, 4) is 0 Å². The van der Waals surface area contributed by atoms with Gasteiger partial charge in [-0.3, -0.25) is 9.36 Å². The van der Waals surface area contributed by atoms with E-state index in [9.17, 15) is 4.79 Å². The normalized spacial score (nSPS) is 16.6. The van der Waals surface area contributed by atoms with Gasteiger partial charge in [0.2, 0.25) is 0 Å². The standard InChI is InChI=1S/C12H18BrN3O/c1-10-14-9-11(13)12(17)16(10)8-4-7-15-5-2-3-6-15/h9H,2-8H2,1H3. The van der Waals surface area contributed by atoms with Crippen molar-refractivity contribution in [2.45, 2.75) is 32.7 Å². The maximum Gasteiger partial charge on any atom is 0.267 e. The molecule has 1 aliphatic rings. The average Bonchev–Trinajstić information content (AvgIpc) is 2.81. The zero-order chi connectivity index (χ0) is 12.3. The number of nitrogens with zero attached hydrogens (tertiary/aromatic N) is 3. The highest BCUT2D eigenvalue weighted by Crippen LogP contribution is 2.08. The van der Waals surface area contributed by atoms with Crippen LogP contribution in [0.5, 0.6) is 0 Å². The Morgan fingerprint density at radius 2 is 2.06 bits per heavy atom. The first-order valence-electron chi connectivity index (χ1n) is 6.13. The van der Waals surface area contributed by atoms with E-state index in [1.807, 2.05) is 6.92 Å². The largest absolute Gasteiger partial charge is 0.303 e. The van der Waals surface area contributed by atoms with Gasteiger partial charge < -0.3 is 4.90 Å². The molecular formula is C12H18BrN3O. The van der Waals surface area contributed by atoms with Gasteiger partial charge in [0, 0.05) is 12.7 Å². The van der Waals surface area contributed by atoms with Crippen LogP contribution in [0, 0.1) is 6.92 Å². The third-order valence-electron chi connectivity index (χ3n) is 3.26. The predicted molar refractivity (Wildman–Crippen MR) is 71.2 cm³/mol. The van der Waals surface area contributed by atoms with E-state index in [2.05, 4.69) is 25.8 Å². The summed E-state index contributed by atoms with van der Waals surface area (Å²) in [5, 5.41) is 0. The molecule has 0 atom stereocenters. The third kappa shape index (κ3) is 3.16. The molecule has 2 heterocycles. The molecule has 0 bridgehead atoms. The molecule has 1 saturated heterocycles. The van der Waals surface area contributed by atoms with Gasteiger partial charge in [0.05, 0.1) is 0 Å². The zero-order valence-electron chi connectivity index (χ0n) is 10.2. The molecule has 0 unspecified atom stereocenters. The van der Waals surface area contributed by atoms with Crippen LogP contribution in [-0.4, -0.2) is 34.1 Å². The van der Waals surface area contributed by atoms with E-state index < -0.39 is 0 Å². The van der Waals surface area contributed by atoms with Gasteiger partial charge in [-0.25, -0.2) is 4.98 Å². The molecule has 0 amide bonds. The smallest absolute Gasteiger partial charge is 0.267 e. The van der Waals surface area contributed by atoms with Crippen LogP contribution in [0.1, 0.15) is 25.1 Å². The van der Waals surface area contributed by atoms with E-state index >= 15 is 0 Å². The Balaban J connectivity index is 1.94. The lowest BCUT2D eigenvalue weighted by Crippen LogP contribution is -2.27. The first kappa shape index (κ1) is 12.8. The number of hydrogen-bond acceptors (Lipinski definition) is 3. The van der Waals surface area contributed by atoms with E-state index in [1.54, 1.807) is 10.8 Å². The molecule has 0 aromatic carbocycles. The van der Waals surface area contributed by atoms with E-state index in [1.165, 1.54) is 25.9 Å². The second-order valence-corrected chi connectivity index (χ2v) is 5.37. The van der Waals surface area contributed by atoms with Crippen molar-refractivity contribution in [3.05, 3.63) is 26.8 Å². The molecule has 94 valence electrons. The lowest BCUT2D eigenvalue weighted by Gasteiger charge is -2.15. The molecule has 1 fully saturated rings. The van der Waals surface area contributed by atoms with Crippen LogP contribution >= 0.6 is 15.9 Å². The van der Waals surface area contributed by atoms with E-state index in [-0.39, 0.29) is 5.56 Å². The second-order valence-electron chi connectivity index (χ2n) is 4.51. The molecule has 0 spiro atoms. The van der Waals surface area contributed by atoms with Crippen LogP contribution in [0.2, 0.25) is 0 Å². The van der Waals surface area contributed by atoms with Crippen molar-refractivity contribution in [1.29, 1.82) is 0 Å². The Bertz CT molecular complexity index is 438. The van der Waals surface area contributed by atoms with Gasteiger partial charge in [0.15, 0.2) is 0 Å². The number of aromatic nitrogens is 2. The van der Waals surface area contributed by atoms with Crippen molar-refractivity contribution < 1.29 is 0 Å². The summed E-state index contributed by atoms with van der Waals surface area (Å²) in [5.41, 5.74) is 0.0268. The van der Waals surface area contributed by atoms with Crippen LogP contribution in [0.25, 0.3) is 0 Å². The highest BCUT2D eigenvalue weighted by atomic mass is 79.9. The summed E-state index contributed by atoms with van der Waals surface area (Å²) in [4.78, 5) is 18.5. The van der Waals surface area contributed by atoms with E-state index in [0.29, 0.717) is 4.47 Å². The lowest BCUT2D eigenvalue weighted by molar-refractivity contribution is 0.323. The minimum absolute atomic E-state index is 0.0268. The van der Waals surface area contributed by atoms with Crippen LogP contribution < -0.4 is 5.56 Å². The molecule has 1 aliphatic heterocycles. The molecule has 4 nitrogen and oxygen atoms in total. The molecule has 0 saturated carbocycles. The fourth-order valence-electron chi connectivity index (χ4n) is 2.27. The summed E-state index contributed by atoms with van der Waals surface area (Å²) in [5.74, 6) is 0.791. The quantitative estimate of drug-likeness (QED) is 0.851. The van der Waals surface area contributed by atoms with Crippen molar-refractivity contribution in [2.75, 3.05) is 19.6 Å². The van der Waals surface area contributed by atoms with Gasteiger partial charge in [-0.1, -0.05) is 0 Å². The van der Waals surface area contributed by atoms with Crippen LogP contribution in [-0.2, 0) is 6.54 Å². The zero-order valence-corrected chi connectivity index (χ0v) is 11.7. The maximum atomic E-state index is 11.9. The van der Waals surface area contributed by atoms with Crippen LogP contribution in [0.15, 0.2) is 15.5 Å². The first-order chi connectivity index (χ1) is 8.18. The Hall–Kier alpha value is -0.680. The first-order valence-corrected chi connectivity index (χ1v) is 6.92. The Morgan fingerprint density at radius 3 is 2.76 bits per heavy atom. The number of aryl methyl sites for hydroxylation is 1. The Labute approximate surface area is 110 Å². The SMILES string of the molecule is Cc1ncc(Br)c(=O)n1CCCN1CCCC1. The third-order valence-corrected chi connectivity index (χ3v) is 3.80. The summed E-state index contributed by atoms with van der Waals surface area (Å²) >= 11 is 3.23. The van der Waals surface area contributed by atoms with Crippen LogP contribution in [0.3, 0.4) is 0 Å². The van der Waals surface area contributed by atoms with E-state index in [4.69, 9.17) is 0 Å². The van der Waals surface area contributed by atoms with Crippen molar-refractivity contribution in [1.82, 2.24) is 14.5 Å². The van der Waals surface area contributed by atoms with Gasteiger partial charge in [-0.05, 0) is 61.8 Å². The number of rotatable bonds is 4. The molecule has 1 aromatic rings. The highest BCUT2D eigenvalue weighted by Gasteiger charge is 2.11. The Morgan fingerprint density at radius 1 is 1.35 bits per heavy atom. The predicted octanol–water partition coefficient (Wildman–Crippen LogP) is 1.80. The molecule has 1 aromatic heterocycles. The van der Waals surface area contributed by atoms with Gasteiger partial charge >= 0.3 is 0 Å². The number of hydrogen-bond donors (Lipinski definition) is 0. The molecule has 17 heavy (non-hydrogen) atoms. The summed E-state index contributed by atoms with van der Waals surface area (Å²) in [6.07, 6.45) is 5.22. The van der Waals surface area contributed by atoms with Gasteiger partial charge in [-0.15, -0.1) is 0 Å². The lowest BCUT2D eigenvalue weighted by atomic mass is 10.3. The second kappa shape index (κ2) is 5.78. The monoisotopic (exact) mass is 299 g/mol. The summed E-state index contributed by atoms with van der Waals surface area (Å²) in [6, 6.07) is 0. The fraction of sp³-hybridized carbons (Fsp3) is 0.667. The number of likely N-dealkylation sites (tertiary alicyclic amines) is 1. The van der Waals surface area contributed by atoms with Crippen molar-refractivity contribution >= 4 is 15.9 Å². The van der Waals surface area contributed by atoms with Gasteiger partial charge in [-0.2, -0.15) is 0 Å². The summed E-state index contributed by atoms with van der Waals surface area (Å²) < 4.78 is 2.30. The fourth-order valence-corrected chi connectivity index (χ4v) is 2.59. The number of halogens is 1. The molecule has 5 heteroatoms. The molecule has 2 rings (SSSR count). The minimum atomic E-state index is 0.0268. The highest BCUT2D eigenvalue weighted by molar-refractivity contribution is 9.10. The van der Waals surface area contributed by atoms with Crippen LogP contribution in [0.4, 0.5) is 0 Å². The summed E-state index contributed by atoms with van der Waals surface area (Å²) in [6.45, 7) is 6.14. The topological polar surface area (TPSA) is 38.1 Å². The molecule has 0 radical (unpaired) electrons. The Kier molecular flexibility index (Phi) is 4.34. The van der Waals surface area contributed by atoms with Gasteiger partial charge in [0.25, 0.3) is 5.56 Å². The maximum absolute atomic E-state index is 11.9. The van der Waals surface area contributed by atoms with E-state index in [0.717, 1.165) is 25.3 Å². The molecule has 0 aliphatic carbocycles. The van der Waals surface area contributed by atoms with Crippen molar-refractivity contribution in [3.63, 3.8) is 0 Å². The summed E-state index contributed by atoms with van der Waals surface area (Å²) in [7, 11) is 0. The molecular weight excluding hydrogens is 282 g/mol. The van der Waals surface area contributed by atoms with Gasteiger partial charge in [0.1, 0.15) is 10.3 Å².